The van der Waals surface area contributed by atoms with Gasteiger partial charge in [0.25, 0.3) is 17.7 Å². The van der Waals surface area contributed by atoms with Gasteiger partial charge in [0.2, 0.25) is 5.69 Å². The van der Waals surface area contributed by atoms with Crippen molar-refractivity contribution in [1.82, 2.24) is 15.2 Å². The van der Waals surface area contributed by atoms with E-state index in [1.807, 2.05) is 32.0 Å². The number of aromatic nitrogens is 4. The van der Waals surface area contributed by atoms with E-state index in [0.29, 0.717) is 16.0 Å². The molecule has 0 unspecified atom stereocenters. The molecule has 2 heterocycles. The predicted octanol–water partition coefficient (Wildman–Crippen LogP) is 6.01. The van der Waals surface area contributed by atoms with E-state index < -0.39 is 11.8 Å². The van der Waals surface area contributed by atoms with Crippen molar-refractivity contribution in [2.24, 2.45) is 0 Å². The van der Waals surface area contributed by atoms with E-state index in [4.69, 9.17) is 0 Å². The molecule has 0 spiro atoms. The molecular weight excluding hydrogens is 476 g/mol. The molecule has 0 aliphatic heterocycles. The first-order chi connectivity index (χ1) is 17.6. The number of H-pyrrole nitrogens is 1. The number of carbonyl (C=O) groups excluding carboxylic acids is 1. The molecule has 7 nitrogen and oxygen atoms in total. The minimum Gasteiger partial charge on any atom is -0.710 e. The van der Waals surface area contributed by atoms with Gasteiger partial charge in [0.15, 0.2) is 5.69 Å². The number of nitrogens with one attached hydrogen (secondary N) is 2. The van der Waals surface area contributed by atoms with Crippen LogP contribution in [-0.2, 0) is 12.3 Å². The Kier molecular flexibility index (Phi) is 7.07. The molecule has 0 aliphatic carbocycles. The van der Waals surface area contributed by atoms with E-state index in [9.17, 15) is 18.8 Å². The molecule has 0 atom stereocenters. The number of halogens is 2. The number of imidazole rings is 1. The first-order valence-corrected chi connectivity index (χ1v) is 12.1. The van der Waals surface area contributed by atoms with E-state index in [0.717, 1.165) is 34.4 Å². The average Bonchev–Trinajstić information content (AvgIpc) is 3.17. The standard InChI is InChI=1S/C28H29F2N5O2/c1-6-19-11-12-20(13-23(19)24-16(3)15-31-34-17(24)4)26-32-18(5)25(35(26)37)27(36)33-22-10-8-9-21(14-22)28(29,30)7-2/h8-15,32H,6-7H2,1-5H3,(H,33,36). The van der Waals surface area contributed by atoms with Crippen LogP contribution < -0.4 is 10.0 Å². The second kappa shape index (κ2) is 10.1. The van der Waals surface area contributed by atoms with Crippen LogP contribution in [0.1, 0.15) is 58.8 Å². The summed E-state index contributed by atoms with van der Waals surface area (Å²) in [5.41, 5.74) is 5.53. The lowest BCUT2D eigenvalue weighted by atomic mass is 9.92. The zero-order chi connectivity index (χ0) is 26.9. The molecule has 4 rings (SSSR count). The topological polar surface area (TPSA) is 97.6 Å². The Bertz CT molecular complexity index is 1460. The number of hydrogen-bond donors (Lipinski definition) is 2. The Balaban J connectivity index is 1.72. The van der Waals surface area contributed by atoms with Gasteiger partial charge in [0.05, 0.1) is 17.5 Å². The van der Waals surface area contributed by atoms with Gasteiger partial charge in [-0.15, -0.1) is 0 Å². The molecule has 0 bridgehead atoms. The van der Waals surface area contributed by atoms with Gasteiger partial charge in [-0.3, -0.25) is 4.79 Å². The molecule has 192 valence electrons. The zero-order valence-electron chi connectivity index (χ0n) is 21.4. The monoisotopic (exact) mass is 505 g/mol. The lowest BCUT2D eigenvalue weighted by Gasteiger charge is -2.15. The molecule has 0 saturated heterocycles. The average molecular weight is 506 g/mol. The van der Waals surface area contributed by atoms with E-state index in [-0.39, 0.29) is 29.2 Å². The molecule has 0 fully saturated rings. The molecule has 9 heteroatoms. The largest absolute Gasteiger partial charge is 0.710 e. The molecular formula is C28H29F2N5O2. The van der Waals surface area contributed by atoms with Gasteiger partial charge in [-0.2, -0.15) is 10.2 Å². The summed E-state index contributed by atoms with van der Waals surface area (Å²) in [6.07, 6.45) is 2.12. The minimum absolute atomic E-state index is 0.137. The van der Waals surface area contributed by atoms with Crippen molar-refractivity contribution in [3.05, 3.63) is 87.6 Å². The number of hydrogen-bond acceptors (Lipinski definition) is 4. The first-order valence-electron chi connectivity index (χ1n) is 12.1. The van der Waals surface area contributed by atoms with Gasteiger partial charge in [-0.1, -0.05) is 32.0 Å². The van der Waals surface area contributed by atoms with Gasteiger partial charge in [0, 0.05) is 30.2 Å². The third kappa shape index (κ3) is 4.94. The molecule has 37 heavy (non-hydrogen) atoms. The summed E-state index contributed by atoms with van der Waals surface area (Å²) >= 11 is 0. The second-order valence-electron chi connectivity index (χ2n) is 9.05. The van der Waals surface area contributed by atoms with Gasteiger partial charge in [-0.25, -0.2) is 18.5 Å². The molecule has 0 aliphatic rings. The molecule has 1 amide bonds. The predicted molar refractivity (Wildman–Crippen MR) is 138 cm³/mol. The molecule has 4 aromatic rings. The fraction of sp³-hybridized carbons (Fsp3) is 0.286. The van der Waals surface area contributed by atoms with E-state index in [2.05, 4.69) is 27.4 Å². The fourth-order valence-corrected chi connectivity index (χ4v) is 4.50. The van der Waals surface area contributed by atoms with Gasteiger partial charge in [0.1, 0.15) is 0 Å². The normalized spacial score (nSPS) is 11.5. The molecule has 2 N–H and O–H groups in total. The van der Waals surface area contributed by atoms with Crippen molar-refractivity contribution in [2.75, 3.05) is 5.32 Å². The van der Waals surface area contributed by atoms with Crippen molar-refractivity contribution < 1.29 is 18.3 Å². The number of anilines is 1. The van der Waals surface area contributed by atoms with E-state index in [1.165, 1.54) is 31.2 Å². The summed E-state index contributed by atoms with van der Waals surface area (Å²) in [6, 6.07) is 11.2. The van der Waals surface area contributed by atoms with Crippen LogP contribution in [0.4, 0.5) is 14.5 Å². The summed E-state index contributed by atoms with van der Waals surface area (Å²) in [5.74, 6) is -3.50. The Morgan fingerprint density at radius 3 is 2.57 bits per heavy atom. The van der Waals surface area contributed by atoms with Gasteiger partial charge >= 0.3 is 0 Å². The summed E-state index contributed by atoms with van der Waals surface area (Å²) in [4.78, 5) is 16.1. The second-order valence-corrected chi connectivity index (χ2v) is 9.05. The van der Waals surface area contributed by atoms with Crippen molar-refractivity contribution in [3.8, 4) is 22.5 Å². The molecule has 2 aromatic heterocycles. The smallest absolute Gasteiger partial charge is 0.300 e. The van der Waals surface area contributed by atoms with Gasteiger partial charge < -0.3 is 10.5 Å². The van der Waals surface area contributed by atoms with Crippen LogP contribution in [0.3, 0.4) is 0 Å². The number of alkyl halides is 2. The van der Waals surface area contributed by atoms with Gasteiger partial charge in [-0.05, 0) is 61.2 Å². The van der Waals surface area contributed by atoms with Crippen LogP contribution in [0.25, 0.3) is 22.5 Å². The lowest BCUT2D eigenvalue weighted by molar-refractivity contribution is -0.594. The number of rotatable bonds is 7. The van der Waals surface area contributed by atoms with Crippen LogP contribution >= 0.6 is 0 Å². The maximum atomic E-state index is 14.1. The summed E-state index contributed by atoms with van der Waals surface area (Å²) in [7, 11) is 0. The Hall–Kier alpha value is -4.14. The third-order valence-electron chi connectivity index (χ3n) is 6.52. The highest BCUT2D eigenvalue weighted by molar-refractivity contribution is 6.02. The highest BCUT2D eigenvalue weighted by Gasteiger charge is 2.30. The number of carbonyl (C=O) groups is 1. The van der Waals surface area contributed by atoms with E-state index >= 15 is 0 Å². The minimum atomic E-state index is -3.01. The molecule has 2 aromatic carbocycles. The number of aromatic amines is 1. The fourth-order valence-electron chi connectivity index (χ4n) is 4.50. The van der Waals surface area contributed by atoms with Crippen molar-refractivity contribution in [3.63, 3.8) is 0 Å². The molecule has 0 saturated carbocycles. The van der Waals surface area contributed by atoms with Crippen LogP contribution in [0.2, 0.25) is 0 Å². The van der Waals surface area contributed by atoms with Crippen LogP contribution in [0.15, 0.2) is 48.7 Å². The van der Waals surface area contributed by atoms with Crippen LogP contribution in [-0.4, -0.2) is 21.1 Å². The molecule has 0 radical (unpaired) electrons. The number of nitrogens with zero attached hydrogens (tertiary/aromatic N) is 3. The Morgan fingerprint density at radius 2 is 1.89 bits per heavy atom. The van der Waals surface area contributed by atoms with Crippen molar-refractivity contribution >= 4 is 11.6 Å². The highest BCUT2D eigenvalue weighted by atomic mass is 19.3. The number of amides is 1. The maximum Gasteiger partial charge on any atom is 0.300 e. The number of aryl methyl sites for hydroxylation is 4. The lowest BCUT2D eigenvalue weighted by Crippen LogP contribution is -2.36. The van der Waals surface area contributed by atoms with E-state index in [1.54, 1.807) is 13.1 Å². The van der Waals surface area contributed by atoms with Crippen molar-refractivity contribution in [1.29, 1.82) is 0 Å². The Morgan fingerprint density at radius 1 is 1.14 bits per heavy atom. The highest BCUT2D eigenvalue weighted by Crippen LogP contribution is 2.34. The number of benzene rings is 2. The van der Waals surface area contributed by atoms with Crippen LogP contribution in [0, 0.1) is 26.0 Å². The third-order valence-corrected chi connectivity index (χ3v) is 6.52. The van der Waals surface area contributed by atoms with Crippen LogP contribution in [0.5, 0.6) is 0 Å². The maximum absolute atomic E-state index is 14.1. The summed E-state index contributed by atoms with van der Waals surface area (Å²) in [5, 5.41) is 24.1. The SMILES string of the molecule is CCc1ccc(-c2[nH]c(C)c(C(=O)Nc3cccc(C(F)(F)CC)c3)[n+]2[O-])cc1-c1c(C)cnnc1C. The quantitative estimate of drug-likeness (QED) is 0.237. The summed E-state index contributed by atoms with van der Waals surface area (Å²) < 4.78 is 28.8. The zero-order valence-corrected chi connectivity index (χ0v) is 21.4. The first kappa shape index (κ1) is 25.9. The Labute approximate surface area is 214 Å². The summed E-state index contributed by atoms with van der Waals surface area (Å²) in [6.45, 7) is 8.92. The van der Waals surface area contributed by atoms with Crippen molar-refractivity contribution in [2.45, 2.75) is 53.4 Å².